The number of anilines is 1. The van der Waals surface area contributed by atoms with Crippen molar-refractivity contribution in [3.05, 3.63) is 34.4 Å². The lowest BCUT2D eigenvalue weighted by atomic mass is 10.0. The molecule has 8 nitrogen and oxygen atoms in total. The third-order valence-corrected chi connectivity index (χ3v) is 5.76. The highest BCUT2D eigenvalue weighted by Gasteiger charge is 2.42. The molecule has 1 saturated heterocycles. The van der Waals surface area contributed by atoms with Gasteiger partial charge in [-0.3, -0.25) is 9.13 Å². The van der Waals surface area contributed by atoms with Crippen LogP contribution < -0.4 is 11.4 Å². The largest absolute Gasteiger partial charge is 0.388 e. The smallest absolute Gasteiger partial charge is 0.383 e. The first-order valence-electron chi connectivity index (χ1n) is 6.98. The van der Waals surface area contributed by atoms with Gasteiger partial charge < -0.3 is 19.5 Å². The predicted molar refractivity (Wildman–Crippen MR) is 86.5 cm³/mol. The zero-order valence-corrected chi connectivity index (χ0v) is 14.8. The zero-order valence-electron chi connectivity index (χ0n) is 13.1. The van der Waals surface area contributed by atoms with Crippen molar-refractivity contribution in [3.63, 3.8) is 0 Å². The summed E-state index contributed by atoms with van der Waals surface area (Å²) in [6.45, 7) is 0. The number of nitrogen functional groups attached to an aromatic ring is 1. The minimum atomic E-state index is -4.03. The molecule has 2 unspecified atom stereocenters. The first-order valence-corrected chi connectivity index (χ1v) is 9.06. The van der Waals surface area contributed by atoms with Crippen molar-refractivity contribution in [3.8, 4) is 0 Å². The molecule has 1 aliphatic rings. The third kappa shape index (κ3) is 3.70. The van der Waals surface area contributed by atoms with Crippen LogP contribution in [0.5, 0.6) is 0 Å². The average Bonchev–Trinajstić information content (AvgIpc) is 2.98. The van der Waals surface area contributed by atoms with Gasteiger partial charge >= 0.3 is 13.3 Å². The molecule has 0 aromatic carbocycles. The number of aromatic nitrogens is 2. The second kappa shape index (κ2) is 7.33. The maximum atomic E-state index is 14.3. The number of halogens is 2. The van der Waals surface area contributed by atoms with Crippen molar-refractivity contribution in [1.82, 2.24) is 9.55 Å². The van der Waals surface area contributed by atoms with E-state index in [4.69, 9.17) is 22.1 Å². The summed E-state index contributed by atoms with van der Waals surface area (Å²) in [6, 6.07) is 1.45. The summed E-state index contributed by atoms with van der Waals surface area (Å²) in [4.78, 5) is 15.5. The van der Waals surface area contributed by atoms with E-state index in [0.717, 1.165) is 20.3 Å². The Hall–Kier alpha value is -1.25. The minimum absolute atomic E-state index is 0.0879. The molecule has 0 radical (unpaired) electrons. The van der Waals surface area contributed by atoms with Crippen molar-refractivity contribution in [2.24, 2.45) is 0 Å². The van der Waals surface area contributed by atoms with Crippen LogP contribution in [0.1, 0.15) is 19.1 Å². The van der Waals surface area contributed by atoms with Gasteiger partial charge in [-0.1, -0.05) is 0 Å². The SMILES string of the molecule is COP(=O)(OC)C(F)=CC1(CCl)CCC(n2ccc(N)nc2=O)O1. The lowest BCUT2D eigenvalue weighted by Gasteiger charge is -2.25. The number of hydrogen-bond acceptors (Lipinski definition) is 7. The van der Waals surface area contributed by atoms with Crippen LogP contribution >= 0.6 is 19.2 Å². The van der Waals surface area contributed by atoms with Crippen LogP contribution in [0.3, 0.4) is 0 Å². The monoisotopic (exact) mass is 381 g/mol. The number of alkyl halides is 1. The van der Waals surface area contributed by atoms with Gasteiger partial charge in [0.05, 0.1) is 5.88 Å². The van der Waals surface area contributed by atoms with Gasteiger partial charge in [-0.2, -0.15) is 9.37 Å². The molecule has 0 aliphatic carbocycles. The van der Waals surface area contributed by atoms with Crippen molar-refractivity contribution >= 4 is 25.0 Å². The second-order valence-electron chi connectivity index (χ2n) is 5.18. The fourth-order valence-corrected chi connectivity index (χ4v) is 3.55. The number of hydrogen-bond donors (Lipinski definition) is 1. The average molecular weight is 382 g/mol. The van der Waals surface area contributed by atoms with Gasteiger partial charge in [0.25, 0.3) is 0 Å². The molecule has 1 aromatic rings. The standard InChI is InChI=1S/C13H18ClFN3O5P/c1-21-24(20,22-2)9(15)7-13(8-14)5-3-11(23-13)18-6-4-10(16)17-12(18)19/h4,6-7,11H,3,5,8H2,1-2H3,(H2,16,17,19). The van der Waals surface area contributed by atoms with E-state index in [0.29, 0.717) is 12.8 Å². The number of nitrogens with two attached hydrogens (primary N) is 1. The highest BCUT2D eigenvalue weighted by molar-refractivity contribution is 7.58. The molecule has 2 N–H and O–H groups in total. The van der Waals surface area contributed by atoms with Crippen LogP contribution in [0, 0.1) is 0 Å². The second-order valence-corrected chi connectivity index (χ2v) is 7.60. The maximum absolute atomic E-state index is 14.3. The predicted octanol–water partition coefficient (Wildman–Crippen LogP) is 2.41. The van der Waals surface area contributed by atoms with Gasteiger partial charge in [-0.05, 0) is 25.0 Å². The molecule has 2 rings (SSSR count). The van der Waals surface area contributed by atoms with Crippen molar-refractivity contribution in [1.29, 1.82) is 0 Å². The third-order valence-electron chi connectivity index (χ3n) is 3.70. The van der Waals surface area contributed by atoms with Gasteiger partial charge in [0.2, 0.25) is 5.57 Å². The lowest BCUT2D eigenvalue weighted by Crippen LogP contribution is -2.32. The quantitative estimate of drug-likeness (QED) is 0.595. The first kappa shape index (κ1) is 19.1. The maximum Gasteiger partial charge on any atom is 0.388 e. The molecule has 0 spiro atoms. The van der Waals surface area contributed by atoms with Crippen LogP contribution in [-0.4, -0.2) is 35.3 Å². The van der Waals surface area contributed by atoms with Gasteiger partial charge in [-0.15, -0.1) is 11.6 Å². The lowest BCUT2D eigenvalue weighted by molar-refractivity contribution is -0.0336. The summed E-state index contributed by atoms with van der Waals surface area (Å²) in [5, 5.41) is 0. The van der Waals surface area contributed by atoms with Crippen LogP contribution in [0.15, 0.2) is 28.7 Å². The van der Waals surface area contributed by atoms with Crippen molar-refractivity contribution in [2.75, 3.05) is 25.8 Å². The van der Waals surface area contributed by atoms with E-state index in [1.165, 1.54) is 16.8 Å². The normalized spacial score (nSPS) is 25.2. The number of rotatable bonds is 6. The Labute approximate surface area is 142 Å². The van der Waals surface area contributed by atoms with E-state index < -0.39 is 30.7 Å². The summed E-state index contributed by atoms with van der Waals surface area (Å²) >= 11 is 5.93. The molecule has 2 atom stereocenters. The fourth-order valence-electron chi connectivity index (χ4n) is 2.39. The summed E-state index contributed by atoms with van der Waals surface area (Å²) in [5.41, 5.74) is 2.51. The molecular formula is C13H18ClFN3O5P. The highest BCUT2D eigenvalue weighted by atomic mass is 35.5. The number of nitrogens with zero attached hydrogens (tertiary/aromatic N) is 2. The van der Waals surface area contributed by atoms with Gasteiger partial charge in [-0.25, -0.2) is 4.79 Å². The zero-order chi connectivity index (χ0) is 18.0. The minimum Gasteiger partial charge on any atom is -0.383 e. The number of ether oxygens (including phenoxy) is 1. The molecule has 0 amide bonds. The molecule has 1 aliphatic heterocycles. The van der Waals surface area contributed by atoms with Gasteiger partial charge in [0.1, 0.15) is 17.6 Å². The van der Waals surface area contributed by atoms with Crippen LogP contribution in [-0.2, 0) is 18.3 Å². The summed E-state index contributed by atoms with van der Waals surface area (Å²) < 4.78 is 42.6. The van der Waals surface area contributed by atoms with E-state index in [-0.39, 0.29) is 11.7 Å². The Kier molecular flexibility index (Phi) is 5.83. The van der Waals surface area contributed by atoms with Gasteiger partial charge in [0.15, 0.2) is 0 Å². The topological polar surface area (TPSA) is 106 Å². The van der Waals surface area contributed by atoms with E-state index in [1.54, 1.807) is 0 Å². The van der Waals surface area contributed by atoms with E-state index in [9.17, 15) is 13.8 Å². The summed E-state index contributed by atoms with van der Waals surface area (Å²) in [6.07, 6.45) is 2.42. The molecular weight excluding hydrogens is 364 g/mol. The fraction of sp³-hybridized carbons (Fsp3) is 0.538. The highest BCUT2D eigenvalue weighted by Crippen LogP contribution is 2.56. The molecule has 0 bridgehead atoms. The Bertz CT molecular complexity index is 735. The van der Waals surface area contributed by atoms with Gasteiger partial charge in [0, 0.05) is 20.4 Å². The molecule has 11 heteroatoms. The van der Waals surface area contributed by atoms with E-state index in [2.05, 4.69) is 14.0 Å². The van der Waals surface area contributed by atoms with E-state index in [1.807, 2.05) is 0 Å². The summed E-state index contributed by atoms with van der Waals surface area (Å²) in [7, 11) is -1.88. The molecule has 1 aromatic heterocycles. The Balaban J connectivity index is 2.30. The Morgan fingerprint density at radius 2 is 2.33 bits per heavy atom. The first-order chi connectivity index (χ1) is 11.3. The van der Waals surface area contributed by atoms with Crippen molar-refractivity contribution < 1.29 is 22.7 Å². The van der Waals surface area contributed by atoms with Crippen LogP contribution in [0.2, 0.25) is 0 Å². The molecule has 134 valence electrons. The molecule has 2 heterocycles. The molecule has 24 heavy (non-hydrogen) atoms. The molecule has 1 fully saturated rings. The van der Waals surface area contributed by atoms with Crippen LogP contribution in [0.4, 0.5) is 10.2 Å². The van der Waals surface area contributed by atoms with E-state index >= 15 is 0 Å². The molecule has 0 saturated carbocycles. The summed E-state index contributed by atoms with van der Waals surface area (Å²) in [5.74, 6) is -0.0217. The Morgan fingerprint density at radius 1 is 1.67 bits per heavy atom. The van der Waals surface area contributed by atoms with Crippen molar-refractivity contribution in [2.45, 2.75) is 24.7 Å². The van der Waals surface area contributed by atoms with Crippen LogP contribution in [0.25, 0.3) is 0 Å². The Morgan fingerprint density at radius 3 is 2.88 bits per heavy atom.